The van der Waals surface area contributed by atoms with Gasteiger partial charge in [-0.25, -0.2) is 14.3 Å². The predicted octanol–water partition coefficient (Wildman–Crippen LogP) is 0.447. The molecule has 0 unspecified atom stereocenters. The van der Waals surface area contributed by atoms with Gasteiger partial charge in [0.25, 0.3) is 5.91 Å². The number of carbonyl (C=O) groups excluding carboxylic acids is 1. The summed E-state index contributed by atoms with van der Waals surface area (Å²) in [5, 5.41) is 0. The third-order valence-electron chi connectivity index (χ3n) is 2.32. The smallest absolute Gasteiger partial charge is 0.265 e. The lowest BCUT2D eigenvalue weighted by atomic mass is 10.2. The van der Waals surface area contributed by atoms with Crippen LogP contribution in [0.5, 0.6) is 5.75 Å². The number of nitrogens with two attached hydrogens (primary N) is 1. The lowest BCUT2D eigenvalue weighted by Gasteiger charge is -2.07. The van der Waals surface area contributed by atoms with Crippen molar-refractivity contribution >= 4 is 27.5 Å². The van der Waals surface area contributed by atoms with Gasteiger partial charge in [-0.3, -0.25) is 10.2 Å². The van der Waals surface area contributed by atoms with E-state index in [0.717, 1.165) is 0 Å². The highest BCUT2D eigenvalue weighted by Gasteiger charge is 2.05. The molecule has 112 valence electrons. The van der Waals surface area contributed by atoms with Gasteiger partial charge in [-0.1, -0.05) is 6.07 Å². The van der Waals surface area contributed by atoms with E-state index in [1.165, 1.54) is 18.0 Å². The summed E-state index contributed by atoms with van der Waals surface area (Å²) >= 11 is 1.51. The number of hydrogen-bond donors (Lipinski definition) is 2. The Morgan fingerprint density at radius 1 is 1.40 bits per heavy atom. The molecule has 0 bridgehead atoms. The van der Waals surface area contributed by atoms with Crippen LogP contribution in [-0.4, -0.2) is 44.4 Å². The Balaban J connectivity index is 2.30. The summed E-state index contributed by atoms with van der Waals surface area (Å²) in [5.41, 5.74) is 2.48. The number of ether oxygens (including phenoxy) is 1. The predicted molar refractivity (Wildman–Crippen MR) is 80.6 cm³/mol. The van der Waals surface area contributed by atoms with E-state index in [4.69, 9.17) is 10.6 Å². The van der Waals surface area contributed by atoms with Crippen molar-refractivity contribution in [3.8, 4) is 5.75 Å². The summed E-state index contributed by atoms with van der Waals surface area (Å²) in [6, 6.07) is 6.68. The summed E-state index contributed by atoms with van der Waals surface area (Å²) in [5.74, 6) is 6.66. The molecule has 0 aromatic heterocycles. The molecule has 3 N–H and O–H groups in total. The third kappa shape index (κ3) is 6.78. The lowest BCUT2D eigenvalue weighted by molar-refractivity contribution is 0.0953. The zero-order chi connectivity index (χ0) is 15.0. The molecule has 1 amide bonds. The first-order chi connectivity index (χ1) is 9.42. The van der Waals surface area contributed by atoms with Crippen LogP contribution in [0.3, 0.4) is 0 Å². The highest BCUT2D eigenvalue weighted by Crippen LogP contribution is 2.13. The van der Waals surface area contributed by atoms with Gasteiger partial charge >= 0.3 is 0 Å². The first-order valence-corrected chi connectivity index (χ1v) is 9.13. The van der Waals surface area contributed by atoms with Crippen molar-refractivity contribution in [3.05, 3.63) is 29.8 Å². The number of amides is 1. The minimum absolute atomic E-state index is 0.170. The van der Waals surface area contributed by atoms with Gasteiger partial charge in [0.1, 0.15) is 15.6 Å². The second kappa shape index (κ2) is 8.13. The van der Waals surface area contributed by atoms with Crippen molar-refractivity contribution in [1.82, 2.24) is 5.43 Å². The SMILES string of the molecule is CS(=O)(=O)CCSCCOc1cccc(C(=O)NN)c1. The molecule has 20 heavy (non-hydrogen) atoms. The molecule has 0 aliphatic heterocycles. The van der Waals surface area contributed by atoms with Crippen molar-refractivity contribution in [1.29, 1.82) is 0 Å². The Kier molecular flexibility index (Phi) is 6.83. The van der Waals surface area contributed by atoms with Gasteiger partial charge in [0.15, 0.2) is 0 Å². The fourth-order valence-corrected chi connectivity index (χ4v) is 3.43. The molecule has 0 spiro atoms. The number of hydrazine groups is 1. The van der Waals surface area contributed by atoms with E-state index >= 15 is 0 Å². The standard InChI is InChI=1S/C12H18N2O4S2/c1-20(16,17)8-7-19-6-5-18-11-4-2-3-10(9-11)12(15)14-13/h2-4,9H,5-8,13H2,1H3,(H,14,15). The van der Waals surface area contributed by atoms with Crippen LogP contribution < -0.4 is 16.0 Å². The largest absolute Gasteiger partial charge is 0.493 e. The quantitative estimate of drug-likeness (QED) is 0.312. The van der Waals surface area contributed by atoms with Gasteiger partial charge in [-0.15, -0.1) is 0 Å². The molecule has 0 heterocycles. The van der Waals surface area contributed by atoms with E-state index in [0.29, 0.717) is 29.4 Å². The van der Waals surface area contributed by atoms with Crippen LogP contribution in [-0.2, 0) is 9.84 Å². The first kappa shape index (κ1) is 16.8. The van der Waals surface area contributed by atoms with Crippen LogP contribution in [0.2, 0.25) is 0 Å². The molecular formula is C12H18N2O4S2. The van der Waals surface area contributed by atoms with Gasteiger partial charge in [-0.2, -0.15) is 11.8 Å². The van der Waals surface area contributed by atoms with Crippen molar-refractivity contribution in [3.63, 3.8) is 0 Å². The molecule has 0 saturated heterocycles. The van der Waals surface area contributed by atoms with E-state index in [1.807, 2.05) is 0 Å². The molecule has 1 rings (SSSR count). The second-order valence-corrected chi connectivity index (χ2v) is 7.58. The van der Waals surface area contributed by atoms with Crippen LogP contribution in [0.15, 0.2) is 24.3 Å². The number of rotatable bonds is 8. The van der Waals surface area contributed by atoms with Crippen LogP contribution in [0.25, 0.3) is 0 Å². The zero-order valence-electron chi connectivity index (χ0n) is 11.2. The van der Waals surface area contributed by atoms with Crippen molar-refractivity contribution in [2.24, 2.45) is 5.84 Å². The highest BCUT2D eigenvalue weighted by atomic mass is 32.2. The van der Waals surface area contributed by atoms with E-state index in [1.54, 1.807) is 24.3 Å². The first-order valence-electron chi connectivity index (χ1n) is 5.91. The fraction of sp³-hybridized carbons (Fsp3) is 0.417. The molecule has 0 radical (unpaired) electrons. The maximum atomic E-state index is 11.3. The van der Waals surface area contributed by atoms with Gasteiger partial charge in [0.2, 0.25) is 0 Å². The molecule has 1 aromatic rings. The molecule has 1 aromatic carbocycles. The number of sulfone groups is 1. The van der Waals surface area contributed by atoms with E-state index in [-0.39, 0.29) is 11.7 Å². The average Bonchev–Trinajstić information content (AvgIpc) is 2.41. The number of carbonyl (C=O) groups is 1. The van der Waals surface area contributed by atoms with Crippen LogP contribution >= 0.6 is 11.8 Å². The monoisotopic (exact) mass is 318 g/mol. The number of benzene rings is 1. The van der Waals surface area contributed by atoms with Crippen LogP contribution in [0.1, 0.15) is 10.4 Å². The molecule has 8 heteroatoms. The Bertz CT molecular complexity index is 546. The van der Waals surface area contributed by atoms with E-state index < -0.39 is 9.84 Å². The summed E-state index contributed by atoms with van der Waals surface area (Å²) in [6.07, 6.45) is 1.22. The summed E-state index contributed by atoms with van der Waals surface area (Å²) in [6.45, 7) is 0.447. The Morgan fingerprint density at radius 3 is 2.80 bits per heavy atom. The molecule has 0 aliphatic rings. The normalized spacial score (nSPS) is 11.1. The maximum absolute atomic E-state index is 11.3. The molecule has 0 atom stereocenters. The van der Waals surface area contributed by atoms with Gasteiger partial charge in [0, 0.05) is 23.3 Å². The number of hydrogen-bond acceptors (Lipinski definition) is 6. The van der Waals surface area contributed by atoms with Gasteiger partial charge in [0.05, 0.1) is 12.4 Å². The molecule has 0 fully saturated rings. The second-order valence-electron chi connectivity index (χ2n) is 4.09. The molecule has 0 saturated carbocycles. The third-order valence-corrected chi connectivity index (χ3v) is 4.47. The van der Waals surface area contributed by atoms with Crippen molar-refractivity contribution < 1.29 is 17.9 Å². The van der Waals surface area contributed by atoms with Crippen LogP contribution in [0, 0.1) is 0 Å². The van der Waals surface area contributed by atoms with Gasteiger partial charge in [-0.05, 0) is 18.2 Å². The molecular weight excluding hydrogens is 300 g/mol. The minimum Gasteiger partial charge on any atom is -0.493 e. The Hall–Kier alpha value is -1.25. The van der Waals surface area contributed by atoms with E-state index in [2.05, 4.69) is 5.43 Å². The van der Waals surface area contributed by atoms with Crippen molar-refractivity contribution in [2.45, 2.75) is 0 Å². The van der Waals surface area contributed by atoms with Crippen molar-refractivity contribution in [2.75, 3.05) is 30.1 Å². The Morgan fingerprint density at radius 2 is 2.15 bits per heavy atom. The number of nitrogens with one attached hydrogen (secondary N) is 1. The fourth-order valence-electron chi connectivity index (χ4n) is 1.34. The minimum atomic E-state index is -2.90. The summed E-state index contributed by atoms with van der Waals surface area (Å²) in [7, 11) is -2.90. The summed E-state index contributed by atoms with van der Waals surface area (Å²) < 4.78 is 27.3. The molecule has 6 nitrogen and oxygen atoms in total. The number of nitrogen functional groups attached to an aromatic ring is 1. The number of thioether (sulfide) groups is 1. The topological polar surface area (TPSA) is 98.5 Å². The lowest BCUT2D eigenvalue weighted by Crippen LogP contribution is -2.29. The van der Waals surface area contributed by atoms with E-state index in [9.17, 15) is 13.2 Å². The zero-order valence-corrected chi connectivity index (χ0v) is 12.8. The average molecular weight is 318 g/mol. The highest BCUT2D eigenvalue weighted by molar-refractivity contribution is 8.00. The maximum Gasteiger partial charge on any atom is 0.265 e. The van der Waals surface area contributed by atoms with Gasteiger partial charge < -0.3 is 4.74 Å². The van der Waals surface area contributed by atoms with Crippen LogP contribution in [0.4, 0.5) is 0 Å². The molecule has 0 aliphatic carbocycles. The summed E-state index contributed by atoms with van der Waals surface area (Å²) in [4.78, 5) is 11.3. The Labute approximate surface area is 123 Å².